The Bertz CT molecular complexity index is 573. The van der Waals surface area contributed by atoms with E-state index >= 15 is 0 Å². The van der Waals surface area contributed by atoms with Gasteiger partial charge < -0.3 is 18.9 Å². The minimum Gasteiger partial charge on any atom is -0.487 e. The number of halogens is 2. The fraction of sp³-hybridized carbons (Fsp3) is 0.840. The van der Waals surface area contributed by atoms with Gasteiger partial charge in [-0.25, -0.2) is 0 Å². The maximum absolute atomic E-state index is 6.21. The monoisotopic (exact) mass is 596 g/mol. The second-order valence-electron chi connectivity index (χ2n) is 9.03. The summed E-state index contributed by atoms with van der Waals surface area (Å²) in [7, 11) is 0. The van der Waals surface area contributed by atoms with Crippen LogP contribution in [-0.2, 0) is 9.47 Å². The number of hydrogen-bond acceptors (Lipinski definition) is 5. The van der Waals surface area contributed by atoms with Gasteiger partial charge in [-0.15, -0.1) is 11.3 Å². The normalized spacial score (nSPS) is 15.1. The Morgan fingerprint density at radius 1 is 0.688 bits per heavy atom. The molecule has 0 spiro atoms. The molecule has 1 aliphatic heterocycles. The highest BCUT2D eigenvalue weighted by Crippen LogP contribution is 2.50. The van der Waals surface area contributed by atoms with Crippen LogP contribution in [0.25, 0.3) is 0 Å². The van der Waals surface area contributed by atoms with Crippen molar-refractivity contribution in [1.82, 2.24) is 0 Å². The van der Waals surface area contributed by atoms with Gasteiger partial charge in [0.15, 0.2) is 11.5 Å². The molecule has 0 aliphatic carbocycles. The zero-order valence-corrected chi connectivity index (χ0v) is 24.0. The molecule has 0 atom stereocenters. The number of unbranched alkanes of at least 4 members (excludes halogenated alkanes) is 10. The van der Waals surface area contributed by atoms with Gasteiger partial charge in [-0.3, -0.25) is 0 Å². The van der Waals surface area contributed by atoms with Crippen LogP contribution in [0.4, 0.5) is 0 Å². The fourth-order valence-electron chi connectivity index (χ4n) is 3.84. The second-order valence-corrected chi connectivity index (χ2v) is 12.7. The predicted octanol–water partition coefficient (Wildman–Crippen LogP) is 8.78. The molecule has 0 unspecified atom stereocenters. The van der Waals surface area contributed by atoms with Crippen LogP contribution in [0, 0.1) is 5.41 Å². The standard InChI is InChI=1S/C25H42Br2O4S/c1-3-5-7-9-11-13-15-28-17-25(18-29-16-14-12-10-8-6-4-2)19-30-21-22(31-20-25)24(27)32-23(21)26/h3-20H2,1-2H3. The third-order valence-electron chi connectivity index (χ3n) is 5.89. The van der Waals surface area contributed by atoms with Gasteiger partial charge in [0.2, 0.25) is 0 Å². The molecule has 186 valence electrons. The molecule has 0 fully saturated rings. The lowest BCUT2D eigenvalue weighted by molar-refractivity contribution is -0.0606. The molecule has 1 aromatic heterocycles. The summed E-state index contributed by atoms with van der Waals surface area (Å²) in [6, 6.07) is 0. The van der Waals surface area contributed by atoms with Gasteiger partial charge in [0.1, 0.15) is 20.8 Å². The van der Waals surface area contributed by atoms with Gasteiger partial charge in [0.05, 0.1) is 18.6 Å². The maximum Gasteiger partial charge on any atom is 0.187 e. The first-order chi connectivity index (χ1) is 15.6. The van der Waals surface area contributed by atoms with E-state index in [2.05, 4.69) is 45.7 Å². The van der Waals surface area contributed by atoms with Crippen LogP contribution in [0.1, 0.15) is 90.9 Å². The van der Waals surface area contributed by atoms with E-state index in [1.165, 1.54) is 64.2 Å². The summed E-state index contributed by atoms with van der Waals surface area (Å²) in [6.45, 7) is 8.36. The summed E-state index contributed by atoms with van der Waals surface area (Å²) < 4.78 is 26.6. The van der Waals surface area contributed by atoms with E-state index < -0.39 is 0 Å². The van der Waals surface area contributed by atoms with E-state index in [0.717, 1.165) is 45.1 Å². The Kier molecular flexibility index (Phi) is 14.9. The topological polar surface area (TPSA) is 36.9 Å². The van der Waals surface area contributed by atoms with Crippen molar-refractivity contribution in [1.29, 1.82) is 0 Å². The number of hydrogen-bond donors (Lipinski definition) is 0. The van der Waals surface area contributed by atoms with E-state index in [-0.39, 0.29) is 5.41 Å². The third-order valence-corrected chi connectivity index (χ3v) is 8.31. The lowest BCUT2D eigenvalue weighted by atomic mass is 9.92. The molecule has 32 heavy (non-hydrogen) atoms. The Morgan fingerprint density at radius 3 is 1.53 bits per heavy atom. The van der Waals surface area contributed by atoms with Crippen molar-refractivity contribution in [3.05, 3.63) is 7.57 Å². The van der Waals surface area contributed by atoms with Crippen LogP contribution in [-0.4, -0.2) is 39.6 Å². The first-order valence-corrected chi connectivity index (χ1v) is 14.9. The molecule has 1 aliphatic rings. The van der Waals surface area contributed by atoms with Crippen molar-refractivity contribution in [3.8, 4) is 11.5 Å². The Hall–Kier alpha value is 0.180. The van der Waals surface area contributed by atoms with Crippen molar-refractivity contribution < 1.29 is 18.9 Å². The number of thiophene rings is 1. The second kappa shape index (κ2) is 16.7. The van der Waals surface area contributed by atoms with Gasteiger partial charge in [0.25, 0.3) is 0 Å². The highest BCUT2D eigenvalue weighted by Gasteiger charge is 2.38. The fourth-order valence-corrected chi connectivity index (χ4v) is 6.70. The summed E-state index contributed by atoms with van der Waals surface area (Å²) >= 11 is 8.77. The molecule has 0 bridgehead atoms. The van der Waals surface area contributed by atoms with E-state index in [4.69, 9.17) is 18.9 Å². The molecule has 4 nitrogen and oxygen atoms in total. The molecule has 7 heteroatoms. The number of rotatable bonds is 18. The zero-order chi connectivity index (χ0) is 23.1. The van der Waals surface area contributed by atoms with E-state index in [0.29, 0.717) is 26.4 Å². The summed E-state index contributed by atoms with van der Waals surface area (Å²) in [4.78, 5) is 0. The molecular formula is C25H42Br2O4S. The van der Waals surface area contributed by atoms with E-state index in [1.54, 1.807) is 11.3 Å². The van der Waals surface area contributed by atoms with Crippen molar-refractivity contribution in [3.63, 3.8) is 0 Å². The van der Waals surface area contributed by atoms with Crippen molar-refractivity contribution >= 4 is 43.2 Å². The Morgan fingerprint density at radius 2 is 1.09 bits per heavy atom. The van der Waals surface area contributed by atoms with Gasteiger partial charge in [-0.05, 0) is 44.7 Å². The first kappa shape index (κ1) is 28.4. The minimum absolute atomic E-state index is 0.292. The van der Waals surface area contributed by atoms with E-state index in [1.807, 2.05) is 0 Å². The van der Waals surface area contributed by atoms with Gasteiger partial charge >= 0.3 is 0 Å². The Balaban J connectivity index is 1.79. The summed E-state index contributed by atoms with van der Waals surface area (Å²) in [5, 5.41) is 0. The zero-order valence-electron chi connectivity index (χ0n) is 20.0. The first-order valence-electron chi connectivity index (χ1n) is 12.5. The van der Waals surface area contributed by atoms with Crippen molar-refractivity contribution in [2.24, 2.45) is 5.41 Å². The van der Waals surface area contributed by atoms with Crippen molar-refractivity contribution in [2.75, 3.05) is 39.6 Å². The van der Waals surface area contributed by atoms with Crippen LogP contribution in [0.15, 0.2) is 7.57 Å². The van der Waals surface area contributed by atoms with Crippen LogP contribution in [0.5, 0.6) is 11.5 Å². The maximum atomic E-state index is 6.21. The smallest absolute Gasteiger partial charge is 0.187 e. The van der Waals surface area contributed by atoms with Gasteiger partial charge in [-0.1, -0.05) is 78.1 Å². The van der Waals surface area contributed by atoms with Gasteiger partial charge in [0, 0.05) is 13.2 Å². The lowest BCUT2D eigenvalue weighted by Gasteiger charge is -2.30. The van der Waals surface area contributed by atoms with Crippen LogP contribution in [0.3, 0.4) is 0 Å². The molecule has 2 heterocycles. The largest absolute Gasteiger partial charge is 0.487 e. The highest BCUT2D eigenvalue weighted by molar-refractivity contribution is 9.12. The quantitative estimate of drug-likeness (QED) is 0.158. The lowest BCUT2D eigenvalue weighted by Crippen LogP contribution is -2.42. The molecule has 0 saturated heterocycles. The van der Waals surface area contributed by atoms with E-state index in [9.17, 15) is 0 Å². The Labute approximate surface area is 216 Å². The number of fused-ring (bicyclic) bond motifs is 1. The summed E-state index contributed by atoms with van der Waals surface area (Å²) in [5.74, 6) is 1.58. The third kappa shape index (κ3) is 10.2. The molecule has 0 radical (unpaired) electrons. The molecular weight excluding hydrogens is 556 g/mol. The summed E-state index contributed by atoms with van der Waals surface area (Å²) in [5.41, 5.74) is -0.292. The average molecular weight is 598 g/mol. The SMILES string of the molecule is CCCCCCCCOCC1(COCCCCCCCC)COc2c(Br)sc(Br)c2OC1. The van der Waals surface area contributed by atoms with Gasteiger partial charge in [-0.2, -0.15) is 0 Å². The van der Waals surface area contributed by atoms with Crippen LogP contribution in [0.2, 0.25) is 0 Å². The number of ether oxygens (including phenoxy) is 4. The van der Waals surface area contributed by atoms with Crippen LogP contribution >= 0.6 is 43.2 Å². The predicted molar refractivity (Wildman–Crippen MR) is 142 cm³/mol. The highest BCUT2D eigenvalue weighted by atomic mass is 79.9. The molecule has 0 saturated carbocycles. The molecule has 0 N–H and O–H groups in total. The minimum atomic E-state index is -0.292. The molecule has 0 aromatic carbocycles. The van der Waals surface area contributed by atoms with Crippen LogP contribution < -0.4 is 9.47 Å². The average Bonchev–Trinajstić information content (AvgIpc) is 2.94. The molecule has 0 amide bonds. The van der Waals surface area contributed by atoms with Crippen molar-refractivity contribution in [2.45, 2.75) is 90.9 Å². The molecule has 2 rings (SSSR count). The summed E-state index contributed by atoms with van der Waals surface area (Å²) in [6.07, 6.45) is 15.2. The molecule has 1 aromatic rings.